The van der Waals surface area contributed by atoms with E-state index in [0.717, 1.165) is 42.6 Å². The molecule has 3 aromatic rings. The number of hydrogen-bond acceptors (Lipinski definition) is 4. The van der Waals surface area contributed by atoms with E-state index in [9.17, 15) is 9.59 Å². The minimum atomic E-state index is -0.0714. The summed E-state index contributed by atoms with van der Waals surface area (Å²) in [5, 5.41) is 4.36. The van der Waals surface area contributed by atoms with E-state index in [1.807, 2.05) is 57.1 Å². The Morgan fingerprint density at radius 2 is 1.97 bits per heavy atom. The van der Waals surface area contributed by atoms with Crippen LogP contribution in [0.3, 0.4) is 0 Å². The SMILES string of the molecule is O=C1C[C@H]2[C@H](CCN2C(=O)c2cnc3c(c2)CCCC3)N1Cc1ccccc1-n1cccn1. The highest BCUT2D eigenvalue weighted by Crippen LogP contribution is 2.35. The van der Waals surface area contributed by atoms with Crippen molar-refractivity contribution in [3.05, 3.63) is 77.4 Å². The lowest BCUT2D eigenvalue weighted by molar-refractivity contribution is -0.129. The van der Waals surface area contributed by atoms with Crippen molar-refractivity contribution < 1.29 is 9.59 Å². The molecule has 2 aliphatic heterocycles. The van der Waals surface area contributed by atoms with Crippen LogP contribution in [0.25, 0.3) is 5.69 Å². The normalized spacial score (nSPS) is 21.9. The first-order valence-electron chi connectivity index (χ1n) is 11.9. The average Bonchev–Trinajstić information content (AvgIpc) is 3.58. The topological polar surface area (TPSA) is 71.3 Å². The highest BCUT2D eigenvalue weighted by Gasteiger charge is 2.48. The molecule has 0 spiro atoms. The van der Waals surface area contributed by atoms with Crippen molar-refractivity contribution in [2.45, 2.75) is 57.2 Å². The van der Waals surface area contributed by atoms with E-state index < -0.39 is 0 Å². The monoisotopic (exact) mass is 441 g/mol. The Hall–Kier alpha value is -3.48. The molecule has 0 N–H and O–H groups in total. The number of rotatable bonds is 4. The number of amides is 2. The van der Waals surface area contributed by atoms with Gasteiger partial charge in [0, 0.05) is 43.8 Å². The molecule has 2 aromatic heterocycles. The molecule has 7 heteroatoms. The van der Waals surface area contributed by atoms with E-state index in [1.54, 1.807) is 12.4 Å². The first-order valence-corrected chi connectivity index (χ1v) is 11.9. The van der Waals surface area contributed by atoms with Crippen molar-refractivity contribution in [2.75, 3.05) is 6.54 Å². The van der Waals surface area contributed by atoms with Crippen molar-refractivity contribution in [2.24, 2.45) is 0 Å². The number of para-hydroxylation sites is 1. The van der Waals surface area contributed by atoms with Gasteiger partial charge in [-0.15, -0.1) is 0 Å². The van der Waals surface area contributed by atoms with Gasteiger partial charge < -0.3 is 9.80 Å². The van der Waals surface area contributed by atoms with E-state index in [2.05, 4.69) is 10.1 Å². The van der Waals surface area contributed by atoms with E-state index in [-0.39, 0.29) is 23.9 Å². The molecule has 6 rings (SSSR count). The fraction of sp³-hybridized carbons (Fsp3) is 0.385. The summed E-state index contributed by atoms with van der Waals surface area (Å²) >= 11 is 0. The quantitative estimate of drug-likeness (QED) is 0.624. The van der Waals surface area contributed by atoms with Crippen molar-refractivity contribution in [1.82, 2.24) is 24.6 Å². The Morgan fingerprint density at radius 1 is 1.09 bits per heavy atom. The number of aryl methyl sites for hydroxylation is 2. The van der Waals surface area contributed by atoms with Crippen LogP contribution in [0.1, 0.15) is 52.9 Å². The largest absolute Gasteiger partial charge is 0.333 e. The molecule has 2 saturated heterocycles. The third-order valence-corrected chi connectivity index (χ3v) is 7.38. The first-order chi connectivity index (χ1) is 16.2. The van der Waals surface area contributed by atoms with Gasteiger partial charge in [-0.3, -0.25) is 14.6 Å². The third-order valence-electron chi connectivity index (χ3n) is 7.38. The van der Waals surface area contributed by atoms with E-state index in [1.165, 1.54) is 12.0 Å². The zero-order chi connectivity index (χ0) is 22.4. The number of fused-ring (bicyclic) bond motifs is 2. The van der Waals surface area contributed by atoms with Gasteiger partial charge in [-0.1, -0.05) is 18.2 Å². The van der Waals surface area contributed by atoms with Gasteiger partial charge in [-0.2, -0.15) is 5.10 Å². The maximum Gasteiger partial charge on any atom is 0.255 e. The van der Waals surface area contributed by atoms with E-state index in [0.29, 0.717) is 25.1 Å². The highest BCUT2D eigenvalue weighted by molar-refractivity contribution is 5.95. The Balaban J connectivity index is 1.22. The van der Waals surface area contributed by atoms with E-state index in [4.69, 9.17) is 0 Å². The van der Waals surface area contributed by atoms with Gasteiger partial charge in [-0.05, 0) is 61.4 Å². The maximum absolute atomic E-state index is 13.4. The Labute approximate surface area is 193 Å². The summed E-state index contributed by atoms with van der Waals surface area (Å²) in [6, 6.07) is 12.0. The highest BCUT2D eigenvalue weighted by atomic mass is 16.2. The maximum atomic E-state index is 13.4. The van der Waals surface area contributed by atoms with Crippen molar-refractivity contribution in [1.29, 1.82) is 0 Å². The van der Waals surface area contributed by atoms with Crippen LogP contribution in [0.2, 0.25) is 0 Å². The third kappa shape index (κ3) is 3.52. The number of benzene rings is 1. The van der Waals surface area contributed by atoms with Gasteiger partial charge in [0.25, 0.3) is 5.91 Å². The Morgan fingerprint density at radius 3 is 2.85 bits per heavy atom. The molecule has 168 valence electrons. The number of carbonyl (C=O) groups excluding carboxylic acids is 2. The molecule has 0 unspecified atom stereocenters. The average molecular weight is 442 g/mol. The molecule has 0 radical (unpaired) electrons. The number of pyridine rings is 1. The van der Waals surface area contributed by atoms with Gasteiger partial charge in [-0.25, -0.2) is 4.68 Å². The molecule has 1 aromatic carbocycles. The number of carbonyl (C=O) groups is 2. The lowest BCUT2D eigenvalue weighted by atomic mass is 9.95. The standard InChI is InChI=1S/C26H27N5O2/c32-25-15-24-23(30(25)17-19-7-2-4-9-22(19)31-12-5-11-28-31)10-13-29(24)26(33)20-14-18-6-1-3-8-21(18)27-16-20/h2,4-5,7,9,11-12,14,16,23-24H,1,3,6,8,10,13,15,17H2/t23-,24-/m0/s1. The predicted molar refractivity (Wildman–Crippen MR) is 123 cm³/mol. The summed E-state index contributed by atoms with van der Waals surface area (Å²) in [5.41, 5.74) is 5.03. The summed E-state index contributed by atoms with van der Waals surface area (Å²) < 4.78 is 1.83. The summed E-state index contributed by atoms with van der Waals surface area (Å²) in [6.45, 7) is 1.20. The zero-order valence-electron chi connectivity index (χ0n) is 18.6. The van der Waals surface area contributed by atoms with Crippen LogP contribution in [0.15, 0.2) is 55.0 Å². The van der Waals surface area contributed by atoms with Gasteiger partial charge in [0.1, 0.15) is 0 Å². The number of hydrogen-bond donors (Lipinski definition) is 0. The van der Waals surface area contributed by atoms with Crippen LogP contribution in [0.5, 0.6) is 0 Å². The molecule has 7 nitrogen and oxygen atoms in total. The summed E-state index contributed by atoms with van der Waals surface area (Å²) in [6.07, 6.45) is 10.9. The van der Waals surface area contributed by atoms with E-state index >= 15 is 0 Å². The zero-order valence-corrected chi connectivity index (χ0v) is 18.6. The predicted octanol–water partition coefficient (Wildman–Crippen LogP) is 3.16. The molecule has 1 aliphatic carbocycles. The van der Waals surface area contributed by atoms with Crippen LogP contribution in [-0.2, 0) is 24.2 Å². The Kier molecular flexibility index (Phi) is 4.97. The summed E-state index contributed by atoms with van der Waals surface area (Å²) in [5.74, 6) is 0.122. The second kappa shape index (κ2) is 8.14. The van der Waals surface area contributed by atoms with Crippen LogP contribution in [-0.4, -0.2) is 55.0 Å². The first kappa shape index (κ1) is 20.1. The van der Waals surface area contributed by atoms with Gasteiger partial charge in [0.05, 0.1) is 23.3 Å². The molecule has 2 amide bonds. The molecular weight excluding hydrogens is 414 g/mol. The molecule has 0 bridgehead atoms. The molecule has 0 saturated carbocycles. The molecule has 4 heterocycles. The van der Waals surface area contributed by atoms with Crippen molar-refractivity contribution in [3.8, 4) is 5.69 Å². The minimum Gasteiger partial charge on any atom is -0.333 e. The Bertz CT molecular complexity index is 1210. The summed E-state index contributed by atoms with van der Waals surface area (Å²) in [7, 11) is 0. The lowest BCUT2D eigenvalue weighted by Gasteiger charge is -2.26. The number of nitrogens with zero attached hydrogens (tertiary/aromatic N) is 5. The molecule has 2 fully saturated rings. The second-order valence-corrected chi connectivity index (χ2v) is 9.26. The smallest absolute Gasteiger partial charge is 0.255 e. The second-order valence-electron chi connectivity index (χ2n) is 9.26. The van der Waals surface area contributed by atoms with Crippen molar-refractivity contribution >= 4 is 11.8 Å². The summed E-state index contributed by atoms with van der Waals surface area (Å²) in [4.78, 5) is 34.9. The van der Waals surface area contributed by atoms with Crippen molar-refractivity contribution in [3.63, 3.8) is 0 Å². The van der Waals surface area contributed by atoms with Gasteiger partial charge in [0.15, 0.2) is 0 Å². The molecule has 33 heavy (non-hydrogen) atoms. The molecule has 2 atom stereocenters. The van der Waals surface area contributed by atoms with Crippen LogP contribution < -0.4 is 0 Å². The minimum absolute atomic E-state index is 0.00923. The fourth-order valence-corrected chi connectivity index (χ4v) is 5.72. The van der Waals surface area contributed by atoms with Crippen LogP contribution >= 0.6 is 0 Å². The number of aromatic nitrogens is 3. The fourth-order valence-electron chi connectivity index (χ4n) is 5.72. The molecular formula is C26H27N5O2. The van der Waals surface area contributed by atoms with Gasteiger partial charge >= 0.3 is 0 Å². The molecule has 3 aliphatic rings. The number of likely N-dealkylation sites (tertiary alicyclic amines) is 2. The lowest BCUT2D eigenvalue weighted by Crippen LogP contribution is -2.40. The van der Waals surface area contributed by atoms with Crippen LogP contribution in [0, 0.1) is 0 Å². The van der Waals surface area contributed by atoms with Gasteiger partial charge in [0.2, 0.25) is 5.91 Å². The van der Waals surface area contributed by atoms with Crippen LogP contribution in [0.4, 0.5) is 0 Å².